The number of carbonyl (C=O) groups is 1. The fourth-order valence-corrected chi connectivity index (χ4v) is 2.62. The standard InChI is InChI=1S/C14H9ClF3N5O2S/c1-7-9(13(24)25-6-10-12(15)26-22-21-10)5-20-23(7)11-3-2-8(4-19-11)14(16,17)18/h2-5H,6H2,1H3. The molecule has 136 valence electrons. The maximum atomic E-state index is 12.6. The summed E-state index contributed by atoms with van der Waals surface area (Å²) in [5.74, 6) is -0.536. The highest BCUT2D eigenvalue weighted by Crippen LogP contribution is 2.29. The molecule has 3 aromatic heterocycles. The van der Waals surface area contributed by atoms with Gasteiger partial charge in [-0.15, -0.1) is 5.10 Å². The Morgan fingerprint density at radius 1 is 1.35 bits per heavy atom. The summed E-state index contributed by atoms with van der Waals surface area (Å²) < 4.78 is 48.1. The number of carbonyl (C=O) groups excluding carboxylic acids is 1. The molecular weight excluding hydrogens is 395 g/mol. The zero-order valence-electron chi connectivity index (χ0n) is 13.0. The van der Waals surface area contributed by atoms with Crippen LogP contribution in [0.1, 0.15) is 27.3 Å². The van der Waals surface area contributed by atoms with Crippen LogP contribution < -0.4 is 0 Å². The van der Waals surface area contributed by atoms with Crippen molar-refractivity contribution < 1.29 is 22.7 Å². The quantitative estimate of drug-likeness (QED) is 0.620. The lowest BCUT2D eigenvalue weighted by Gasteiger charge is -2.08. The SMILES string of the molecule is Cc1c(C(=O)OCc2nnsc2Cl)cnn1-c1ccc(C(F)(F)F)cn1. The number of hydrogen-bond acceptors (Lipinski definition) is 7. The largest absolute Gasteiger partial charge is 0.455 e. The first kappa shape index (κ1) is 18.3. The summed E-state index contributed by atoms with van der Waals surface area (Å²) in [5.41, 5.74) is -0.0327. The molecule has 0 amide bonds. The van der Waals surface area contributed by atoms with Gasteiger partial charge in [-0.25, -0.2) is 14.5 Å². The number of ether oxygens (including phenoxy) is 1. The van der Waals surface area contributed by atoms with Gasteiger partial charge in [0.25, 0.3) is 0 Å². The van der Waals surface area contributed by atoms with Crippen molar-refractivity contribution in [2.45, 2.75) is 19.7 Å². The Labute approximate surface area is 153 Å². The molecule has 0 atom stereocenters. The molecule has 12 heteroatoms. The van der Waals surface area contributed by atoms with Crippen LogP contribution >= 0.6 is 23.1 Å². The predicted molar refractivity (Wildman–Crippen MR) is 85.1 cm³/mol. The first-order chi connectivity index (χ1) is 12.3. The molecule has 0 spiro atoms. The van der Waals surface area contributed by atoms with Crippen LogP contribution in [0, 0.1) is 6.92 Å². The summed E-state index contributed by atoms with van der Waals surface area (Å²) in [4.78, 5) is 15.9. The number of aromatic nitrogens is 5. The van der Waals surface area contributed by atoms with Crippen molar-refractivity contribution in [3.63, 3.8) is 0 Å². The molecule has 26 heavy (non-hydrogen) atoms. The molecule has 0 aliphatic carbocycles. The van der Waals surface area contributed by atoms with Gasteiger partial charge in [0.1, 0.15) is 22.2 Å². The monoisotopic (exact) mass is 403 g/mol. The fourth-order valence-electron chi connectivity index (χ4n) is 2.01. The molecule has 3 heterocycles. The van der Waals surface area contributed by atoms with Crippen LogP contribution in [-0.4, -0.2) is 30.3 Å². The van der Waals surface area contributed by atoms with Crippen molar-refractivity contribution in [3.05, 3.63) is 51.4 Å². The molecule has 0 N–H and O–H groups in total. The van der Waals surface area contributed by atoms with E-state index < -0.39 is 17.7 Å². The molecule has 0 aromatic carbocycles. The number of nitrogens with zero attached hydrogens (tertiary/aromatic N) is 5. The van der Waals surface area contributed by atoms with E-state index in [-0.39, 0.29) is 18.0 Å². The molecule has 0 saturated heterocycles. The number of hydrogen-bond donors (Lipinski definition) is 0. The van der Waals surface area contributed by atoms with Crippen molar-refractivity contribution in [1.29, 1.82) is 0 Å². The Kier molecular flexibility index (Phi) is 4.92. The van der Waals surface area contributed by atoms with Gasteiger partial charge >= 0.3 is 12.1 Å². The van der Waals surface area contributed by atoms with Crippen molar-refractivity contribution in [2.24, 2.45) is 0 Å². The minimum atomic E-state index is -4.48. The normalized spacial score (nSPS) is 11.6. The van der Waals surface area contributed by atoms with E-state index >= 15 is 0 Å². The van der Waals surface area contributed by atoms with Crippen LogP contribution in [0.5, 0.6) is 0 Å². The molecule has 0 aliphatic rings. The Bertz CT molecular complexity index is 939. The van der Waals surface area contributed by atoms with Gasteiger partial charge in [-0.05, 0) is 19.1 Å². The van der Waals surface area contributed by atoms with E-state index in [9.17, 15) is 18.0 Å². The summed E-state index contributed by atoms with van der Waals surface area (Å²) in [6.07, 6.45) is -2.53. The number of halogens is 4. The van der Waals surface area contributed by atoms with Crippen LogP contribution in [0.3, 0.4) is 0 Å². The van der Waals surface area contributed by atoms with E-state index in [2.05, 4.69) is 19.7 Å². The highest BCUT2D eigenvalue weighted by molar-refractivity contribution is 7.10. The molecule has 7 nitrogen and oxygen atoms in total. The average Bonchev–Trinajstić information content (AvgIpc) is 3.18. The van der Waals surface area contributed by atoms with Gasteiger partial charge in [-0.3, -0.25) is 0 Å². The lowest BCUT2D eigenvalue weighted by atomic mass is 10.2. The molecule has 0 fully saturated rings. The van der Waals surface area contributed by atoms with Crippen molar-refractivity contribution in [1.82, 2.24) is 24.4 Å². The van der Waals surface area contributed by atoms with Crippen LogP contribution in [0.2, 0.25) is 4.34 Å². The Balaban J connectivity index is 1.77. The predicted octanol–water partition coefficient (Wildman–Crippen LogP) is 3.46. The van der Waals surface area contributed by atoms with E-state index in [1.165, 1.54) is 16.9 Å². The molecule has 0 unspecified atom stereocenters. The summed E-state index contributed by atoms with van der Waals surface area (Å²) in [5, 5.41) is 7.70. The van der Waals surface area contributed by atoms with E-state index in [0.29, 0.717) is 21.9 Å². The maximum Gasteiger partial charge on any atom is 0.417 e. The van der Waals surface area contributed by atoms with Crippen LogP contribution in [0.15, 0.2) is 24.5 Å². The second-order valence-electron chi connectivity index (χ2n) is 5.03. The van der Waals surface area contributed by atoms with E-state index in [4.69, 9.17) is 16.3 Å². The van der Waals surface area contributed by atoms with Gasteiger partial charge in [-0.2, -0.15) is 18.3 Å². The Morgan fingerprint density at radius 2 is 2.12 bits per heavy atom. The zero-order valence-corrected chi connectivity index (χ0v) is 14.6. The Morgan fingerprint density at radius 3 is 2.69 bits per heavy atom. The molecule has 3 rings (SSSR count). The van der Waals surface area contributed by atoms with Gasteiger partial charge in [-0.1, -0.05) is 16.1 Å². The van der Waals surface area contributed by atoms with Crippen molar-refractivity contribution in [3.8, 4) is 5.82 Å². The van der Waals surface area contributed by atoms with Crippen LogP contribution in [-0.2, 0) is 17.5 Å². The summed E-state index contributed by atoms with van der Waals surface area (Å²) in [7, 11) is 0. The summed E-state index contributed by atoms with van der Waals surface area (Å²) in [6, 6.07) is 2.05. The third-order valence-electron chi connectivity index (χ3n) is 3.37. The van der Waals surface area contributed by atoms with E-state index in [0.717, 1.165) is 17.6 Å². The first-order valence-electron chi connectivity index (χ1n) is 6.99. The first-order valence-corrected chi connectivity index (χ1v) is 8.14. The maximum absolute atomic E-state index is 12.6. The van der Waals surface area contributed by atoms with Gasteiger partial charge in [0.2, 0.25) is 0 Å². The van der Waals surface area contributed by atoms with Gasteiger partial charge < -0.3 is 4.74 Å². The summed E-state index contributed by atoms with van der Waals surface area (Å²) in [6.45, 7) is 1.41. The van der Waals surface area contributed by atoms with Gasteiger partial charge in [0, 0.05) is 17.7 Å². The van der Waals surface area contributed by atoms with Gasteiger partial charge in [0.05, 0.1) is 17.5 Å². The van der Waals surface area contributed by atoms with E-state index in [1.54, 1.807) is 6.92 Å². The average molecular weight is 404 g/mol. The van der Waals surface area contributed by atoms with Crippen molar-refractivity contribution >= 4 is 29.1 Å². The highest BCUT2D eigenvalue weighted by Gasteiger charge is 2.30. The zero-order chi connectivity index (χ0) is 18.9. The third kappa shape index (κ3) is 3.68. The minimum absolute atomic E-state index is 0.140. The minimum Gasteiger partial charge on any atom is -0.455 e. The third-order valence-corrected chi connectivity index (χ3v) is 4.36. The Hall–Kier alpha value is -2.53. The van der Waals surface area contributed by atoms with Crippen LogP contribution in [0.25, 0.3) is 5.82 Å². The lowest BCUT2D eigenvalue weighted by Crippen LogP contribution is -2.09. The molecule has 0 radical (unpaired) electrons. The van der Waals surface area contributed by atoms with Crippen LogP contribution in [0.4, 0.5) is 13.2 Å². The molecule has 0 saturated carbocycles. The number of alkyl halides is 3. The molecular formula is C14H9ClF3N5O2S. The second kappa shape index (κ2) is 7.00. The van der Waals surface area contributed by atoms with Crippen molar-refractivity contribution in [2.75, 3.05) is 0 Å². The lowest BCUT2D eigenvalue weighted by molar-refractivity contribution is -0.137. The smallest absolute Gasteiger partial charge is 0.417 e. The number of esters is 1. The molecule has 3 aromatic rings. The molecule has 0 bridgehead atoms. The number of pyridine rings is 1. The summed E-state index contributed by atoms with van der Waals surface area (Å²) >= 11 is 6.79. The van der Waals surface area contributed by atoms with Gasteiger partial charge in [0.15, 0.2) is 5.82 Å². The second-order valence-corrected chi connectivity index (χ2v) is 6.38. The highest BCUT2D eigenvalue weighted by atomic mass is 35.5. The topological polar surface area (TPSA) is 82.8 Å². The molecule has 0 aliphatic heterocycles. The number of rotatable bonds is 4. The fraction of sp³-hybridized carbons (Fsp3) is 0.214. The van der Waals surface area contributed by atoms with E-state index in [1.807, 2.05) is 0 Å².